The van der Waals surface area contributed by atoms with Gasteiger partial charge in [-0.3, -0.25) is 0 Å². The Hall–Kier alpha value is -1.07. The number of piperidine rings is 1. The summed E-state index contributed by atoms with van der Waals surface area (Å²) < 4.78 is 0. The minimum absolute atomic E-state index is 0.0788. The highest BCUT2D eigenvalue weighted by Crippen LogP contribution is 2.35. The van der Waals surface area contributed by atoms with Crippen molar-refractivity contribution in [2.75, 3.05) is 17.7 Å². The first-order valence-corrected chi connectivity index (χ1v) is 8.26. The van der Waals surface area contributed by atoms with E-state index in [1.165, 1.54) is 0 Å². The molecule has 2 rings (SSSR count). The van der Waals surface area contributed by atoms with Crippen LogP contribution in [0.4, 0.5) is 11.8 Å². The molecule has 0 spiro atoms. The third kappa shape index (κ3) is 3.63. The zero-order valence-electron chi connectivity index (χ0n) is 14.5. The average molecular weight is 326 g/mol. The van der Waals surface area contributed by atoms with Gasteiger partial charge in [0.15, 0.2) is 0 Å². The van der Waals surface area contributed by atoms with Crippen LogP contribution in [-0.4, -0.2) is 34.1 Å². The zero-order valence-corrected chi connectivity index (χ0v) is 15.3. The molecule has 1 aromatic rings. The maximum atomic E-state index is 6.26. The molecule has 1 aliphatic rings. The zero-order chi connectivity index (χ0) is 16.7. The summed E-state index contributed by atoms with van der Waals surface area (Å²) in [5, 5.41) is 4.17. The summed E-state index contributed by atoms with van der Waals surface area (Å²) in [7, 11) is 2.08. The van der Waals surface area contributed by atoms with E-state index in [0.717, 1.165) is 30.6 Å². The van der Waals surface area contributed by atoms with E-state index in [2.05, 4.69) is 61.9 Å². The van der Waals surface area contributed by atoms with Crippen LogP contribution in [0.3, 0.4) is 0 Å². The summed E-state index contributed by atoms with van der Waals surface area (Å²) in [6.45, 7) is 11.1. The van der Waals surface area contributed by atoms with Crippen molar-refractivity contribution < 1.29 is 0 Å². The Bertz CT molecular complexity index is 540. The fraction of sp³-hybridized carbons (Fsp3) is 0.750. The predicted molar refractivity (Wildman–Crippen MR) is 93.6 cm³/mol. The molecule has 22 heavy (non-hydrogen) atoms. The molecule has 0 aliphatic carbocycles. The molecule has 5 nitrogen and oxygen atoms in total. The number of nitrogens with one attached hydrogen (secondary N) is 1. The topological polar surface area (TPSA) is 67.1 Å². The van der Waals surface area contributed by atoms with Crippen molar-refractivity contribution in [3.8, 4) is 0 Å². The summed E-state index contributed by atoms with van der Waals surface area (Å²) in [5.74, 6) is 1.09. The van der Waals surface area contributed by atoms with Gasteiger partial charge in [-0.15, -0.1) is 0 Å². The van der Waals surface area contributed by atoms with Gasteiger partial charge < -0.3 is 16.0 Å². The molecule has 0 atom stereocenters. The van der Waals surface area contributed by atoms with Crippen LogP contribution >= 0.6 is 11.6 Å². The number of rotatable bonds is 3. The first-order chi connectivity index (χ1) is 10.0. The summed E-state index contributed by atoms with van der Waals surface area (Å²) in [6, 6.07) is 0.377. The van der Waals surface area contributed by atoms with Crippen molar-refractivity contribution in [2.24, 2.45) is 0 Å². The summed E-state index contributed by atoms with van der Waals surface area (Å²) in [5.41, 5.74) is 6.93. The van der Waals surface area contributed by atoms with Gasteiger partial charge >= 0.3 is 0 Å². The Kier molecular flexibility index (Phi) is 4.60. The molecule has 6 heteroatoms. The van der Waals surface area contributed by atoms with E-state index >= 15 is 0 Å². The number of anilines is 2. The number of hydrogen-bond acceptors (Lipinski definition) is 5. The highest BCUT2D eigenvalue weighted by atomic mass is 35.5. The molecule has 1 fully saturated rings. The number of nitrogen functional groups attached to an aromatic ring is 1. The van der Waals surface area contributed by atoms with E-state index in [4.69, 9.17) is 17.3 Å². The molecule has 0 saturated carbocycles. The number of hydrogen-bond donors (Lipinski definition) is 2. The third-order valence-corrected chi connectivity index (χ3v) is 4.67. The van der Waals surface area contributed by atoms with Gasteiger partial charge in [0.25, 0.3) is 0 Å². The Balaban J connectivity index is 2.37. The van der Waals surface area contributed by atoms with Gasteiger partial charge in [-0.25, -0.2) is 4.98 Å². The lowest BCUT2D eigenvalue weighted by molar-refractivity contribution is 0.160. The molecule has 0 aromatic carbocycles. The summed E-state index contributed by atoms with van der Waals surface area (Å²) >= 11 is 6.26. The molecular weight excluding hydrogens is 298 g/mol. The van der Waals surface area contributed by atoms with E-state index < -0.39 is 0 Å². The minimum atomic E-state index is 0.0788. The molecule has 1 aliphatic heterocycles. The van der Waals surface area contributed by atoms with E-state index in [1.54, 1.807) is 0 Å². The van der Waals surface area contributed by atoms with E-state index in [0.29, 0.717) is 11.2 Å². The molecule has 0 radical (unpaired) electrons. The Morgan fingerprint density at radius 2 is 1.77 bits per heavy atom. The van der Waals surface area contributed by atoms with Crippen LogP contribution in [0.15, 0.2) is 0 Å². The number of halogens is 1. The monoisotopic (exact) mass is 325 g/mol. The second kappa shape index (κ2) is 5.85. The first-order valence-electron chi connectivity index (χ1n) is 7.89. The SMILES string of the molecule is CCc1c(Cl)nc(N)nc1N(C)C1CC(C)(C)NC(C)(C)C1. The number of aromatic nitrogens is 2. The van der Waals surface area contributed by atoms with Gasteiger partial charge in [-0.2, -0.15) is 4.98 Å². The number of nitrogens with two attached hydrogens (primary N) is 1. The van der Waals surface area contributed by atoms with Crippen LogP contribution in [0.25, 0.3) is 0 Å². The van der Waals surface area contributed by atoms with Crippen LogP contribution < -0.4 is 16.0 Å². The standard InChI is InChI=1S/C16H28ClN5/c1-7-11-12(17)19-14(18)20-13(11)22(6)10-8-15(2,3)21-16(4,5)9-10/h10,21H,7-9H2,1-6H3,(H2,18,19,20). The molecule has 124 valence electrons. The molecule has 0 unspecified atom stereocenters. The maximum Gasteiger partial charge on any atom is 0.223 e. The maximum absolute atomic E-state index is 6.26. The molecule has 2 heterocycles. The molecule has 0 amide bonds. The van der Waals surface area contributed by atoms with Gasteiger partial charge in [0.2, 0.25) is 5.95 Å². The molecule has 0 bridgehead atoms. The van der Waals surface area contributed by atoms with Crippen LogP contribution in [0.1, 0.15) is 53.0 Å². The minimum Gasteiger partial charge on any atom is -0.368 e. The first kappa shape index (κ1) is 17.3. The lowest BCUT2D eigenvalue weighted by Gasteiger charge is -2.49. The third-order valence-electron chi connectivity index (χ3n) is 4.36. The summed E-state index contributed by atoms with van der Waals surface area (Å²) in [6.07, 6.45) is 2.87. The average Bonchev–Trinajstić information content (AvgIpc) is 2.33. The van der Waals surface area contributed by atoms with Crippen molar-refractivity contribution in [3.63, 3.8) is 0 Å². The molecule has 1 saturated heterocycles. The van der Waals surface area contributed by atoms with Gasteiger partial charge in [-0.1, -0.05) is 18.5 Å². The molecular formula is C16H28ClN5. The predicted octanol–water partition coefficient (Wildman–Crippen LogP) is 3.02. The Morgan fingerprint density at radius 3 is 2.27 bits per heavy atom. The number of nitrogens with zero attached hydrogens (tertiary/aromatic N) is 3. The van der Waals surface area contributed by atoms with Crippen molar-refractivity contribution in [1.29, 1.82) is 0 Å². The van der Waals surface area contributed by atoms with Crippen molar-refractivity contribution in [3.05, 3.63) is 10.7 Å². The normalized spacial score (nSPS) is 20.9. The van der Waals surface area contributed by atoms with Crippen molar-refractivity contribution in [2.45, 2.75) is 71.0 Å². The van der Waals surface area contributed by atoms with Gasteiger partial charge in [0.1, 0.15) is 11.0 Å². The van der Waals surface area contributed by atoms with E-state index in [-0.39, 0.29) is 17.0 Å². The lowest BCUT2D eigenvalue weighted by atomic mass is 9.79. The summed E-state index contributed by atoms with van der Waals surface area (Å²) in [4.78, 5) is 10.8. The highest BCUT2D eigenvalue weighted by Gasteiger charge is 2.39. The second-order valence-electron chi connectivity index (χ2n) is 7.59. The highest BCUT2D eigenvalue weighted by molar-refractivity contribution is 6.30. The van der Waals surface area contributed by atoms with Gasteiger partial charge in [0, 0.05) is 29.7 Å². The largest absolute Gasteiger partial charge is 0.368 e. The van der Waals surface area contributed by atoms with Crippen LogP contribution in [0, 0.1) is 0 Å². The Labute approximate surface area is 138 Å². The Morgan fingerprint density at radius 1 is 1.23 bits per heavy atom. The van der Waals surface area contributed by atoms with Crippen molar-refractivity contribution >= 4 is 23.4 Å². The quantitative estimate of drug-likeness (QED) is 0.836. The van der Waals surface area contributed by atoms with Gasteiger partial charge in [0.05, 0.1) is 0 Å². The smallest absolute Gasteiger partial charge is 0.223 e. The van der Waals surface area contributed by atoms with Crippen LogP contribution in [-0.2, 0) is 6.42 Å². The van der Waals surface area contributed by atoms with Crippen molar-refractivity contribution in [1.82, 2.24) is 15.3 Å². The van der Waals surface area contributed by atoms with E-state index in [1.807, 2.05) is 0 Å². The van der Waals surface area contributed by atoms with Gasteiger partial charge in [-0.05, 0) is 47.0 Å². The molecule has 3 N–H and O–H groups in total. The van der Waals surface area contributed by atoms with Crippen LogP contribution in [0.2, 0.25) is 5.15 Å². The molecule has 1 aromatic heterocycles. The second-order valence-corrected chi connectivity index (χ2v) is 7.95. The fourth-order valence-electron chi connectivity index (χ4n) is 3.77. The lowest BCUT2D eigenvalue weighted by Crippen LogP contribution is -2.62. The van der Waals surface area contributed by atoms with E-state index in [9.17, 15) is 0 Å². The fourth-order valence-corrected chi connectivity index (χ4v) is 4.08. The van der Waals surface area contributed by atoms with Crippen LogP contribution in [0.5, 0.6) is 0 Å².